The molecule has 1 aromatic heterocycles. The van der Waals surface area contributed by atoms with E-state index in [0.29, 0.717) is 5.82 Å². The highest BCUT2D eigenvalue weighted by molar-refractivity contribution is 5.92. The van der Waals surface area contributed by atoms with E-state index in [-0.39, 0.29) is 5.56 Å². The van der Waals surface area contributed by atoms with Gasteiger partial charge < -0.3 is 10.4 Å². The summed E-state index contributed by atoms with van der Waals surface area (Å²) in [5, 5.41) is 19.4. The monoisotopic (exact) mass is 221 g/mol. The minimum absolute atomic E-state index is 0.184. The molecule has 0 aliphatic heterocycles. The molecule has 1 aliphatic carbocycles. The number of carboxylic acid groups (broad SMARTS) is 1. The molecule has 2 N–H and O–H groups in total. The molecule has 0 bridgehead atoms. The van der Waals surface area contributed by atoms with E-state index in [1.807, 2.05) is 0 Å². The van der Waals surface area contributed by atoms with Crippen molar-refractivity contribution in [2.75, 3.05) is 11.9 Å². The molecule has 1 saturated carbocycles. The summed E-state index contributed by atoms with van der Waals surface area (Å²) in [6, 6.07) is 1.46. The number of carboxylic acids is 1. The lowest BCUT2D eigenvalue weighted by Gasteiger charge is -2.25. The molecule has 1 aromatic rings. The van der Waals surface area contributed by atoms with Crippen molar-refractivity contribution in [2.24, 2.45) is 5.92 Å². The van der Waals surface area contributed by atoms with Gasteiger partial charge in [-0.2, -0.15) is 5.10 Å². The molecular weight excluding hydrogens is 206 g/mol. The van der Waals surface area contributed by atoms with Crippen LogP contribution in [0.3, 0.4) is 0 Å². The third-order valence-electron chi connectivity index (χ3n) is 3.02. The van der Waals surface area contributed by atoms with Crippen molar-refractivity contribution in [3.8, 4) is 0 Å². The zero-order chi connectivity index (χ0) is 11.4. The molecule has 1 fully saturated rings. The summed E-state index contributed by atoms with van der Waals surface area (Å²) in [5.41, 5.74) is 0.184. The predicted octanol–water partition coefficient (Wildman–Crippen LogP) is 1.78. The van der Waals surface area contributed by atoms with Crippen LogP contribution in [0.25, 0.3) is 0 Å². The standard InChI is InChI=1S/C11H15N3O2/c15-11(16)9-5-7-13-14-10(9)12-6-4-8-2-1-3-8/h5,7-8H,1-4,6H2,(H,12,14)(H,15,16). The van der Waals surface area contributed by atoms with Gasteiger partial charge in [0.05, 0.1) is 6.20 Å². The maximum Gasteiger partial charge on any atom is 0.339 e. The minimum Gasteiger partial charge on any atom is -0.478 e. The summed E-state index contributed by atoms with van der Waals surface area (Å²) < 4.78 is 0. The Kier molecular flexibility index (Phi) is 3.34. The molecule has 0 saturated heterocycles. The van der Waals surface area contributed by atoms with Crippen LogP contribution in [-0.2, 0) is 0 Å². The van der Waals surface area contributed by atoms with E-state index in [4.69, 9.17) is 5.11 Å². The first-order valence-corrected chi connectivity index (χ1v) is 5.56. The molecule has 16 heavy (non-hydrogen) atoms. The molecule has 86 valence electrons. The summed E-state index contributed by atoms with van der Waals surface area (Å²) in [6.07, 6.45) is 6.40. The molecule has 0 aromatic carbocycles. The summed E-state index contributed by atoms with van der Waals surface area (Å²) in [7, 11) is 0. The van der Waals surface area contributed by atoms with Crippen molar-refractivity contribution in [3.05, 3.63) is 17.8 Å². The van der Waals surface area contributed by atoms with Crippen molar-refractivity contribution >= 4 is 11.8 Å². The van der Waals surface area contributed by atoms with E-state index in [2.05, 4.69) is 15.5 Å². The zero-order valence-electron chi connectivity index (χ0n) is 9.02. The third-order valence-corrected chi connectivity index (χ3v) is 3.02. The molecule has 1 heterocycles. The van der Waals surface area contributed by atoms with Crippen LogP contribution in [0.15, 0.2) is 12.3 Å². The van der Waals surface area contributed by atoms with Gasteiger partial charge in [-0.1, -0.05) is 19.3 Å². The van der Waals surface area contributed by atoms with Crippen LogP contribution in [-0.4, -0.2) is 27.8 Å². The smallest absolute Gasteiger partial charge is 0.339 e. The number of hydrogen-bond donors (Lipinski definition) is 2. The zero-order valence-corrected chi connectivity index (χ0v) is 9.02. The van der Waals surface area contributed by atoms with Gasteiger partial charge in [0.2, 0.25) is 0 Å². The van der Waals surface area contributed by atoms with Crippen molar-refractivity contribution in [2.45, 2.75) is 25.7 Å². The molecular formula is C11H15N3O2. The Morgan fingerprint density at radius 3 is 3.00 bits per heavy atom. The predicted molar refractivity (Wildman–Crippen MR) is 59.4 cm³/mol. The maximum atomic E-state index is 10.9. The first-order chi connectivity index (χ1) is 7.77. The normalized spacial score (nSPS) is 15.5. The first kappa shape index (κ1) is 10.9. The molecule has 0 unspecified atom stereocenters. The van der Waals surface area contributed by atoms with E-state index < -0.39 is 5.97 Å². The molecule has 2 rings (SSSR count). The van der Waals surface area contributed by atoms with Gasteiger partial charge in [0.15, 0.2) is 5.82 Å². The SMILES string of the molecule is O=C(O)c1ccnnc1NCCC1CCC1. The number of anilines is 1. The Bertz CT molecular complexity index is 377. The van der Waals surface area contributed by atoms with E-state index in [1.165, 1.54) is 31.5 Å². The van der Waals surface area contributed by atoms with E-state index in [1.54, 1.807) is 0 Å². The topological polar surface area (TPSA) is 75.1 Å². The largest absolute Gasteiger partial charge is 0.478 e. The van der Waals surface area contributed by atoms with Crippen LogP contribution in [0.2, 0.25) is 0 Å². The highest BCUT2D eigenvalue weighted by atomic mass is 16.4. The van der Waals surface area contributed by atoms with Gasteiger partial charge in [-0.05, 0) is 18.4 Å². The third kappa shape index (κ3) is 2.48. The Morgan fingerprint density at radius 1 is 1.56 bits per heavy atom. The van der Waals surface area contributed by atoms with E-state index in [0.717, 1.165) is 18.9 Å². The minimum atomic E-state index is -0.971. The second kappa shape index (κ2) is 4.92. The van der Waals surface area contributed by atoms with Gasteiger partial charge in [-0.3, -0.25) is 0 Å². The fourth-order valence-corrected chi connectivity index (χ4v) is 1.81. The lowest BCUT2D eigenvalue weighted by atomic mass is 9.83. The van der Waals surface area contributed by atoms with Crippen molar-refractivity contribution in [3.63, 3.8) is 0 Å². The van der Waals surface area contributed by atoms with Gasteiger partial charge in [-0.25, -0.2) is 4.79 Å². The van der Waals surface area contributed by atoms with Gasteiger partial charge in [-0.15, -0.1) is 5.10 Å². The summed E-state index contributed by atoms with van der Waals surface area (Å²) in [4.78, 5) is 10.9. The van der Waals surface area contributed by atoms with Crippen LogP contribution in [0, 0.1) is 5.92 Å². The quantitative estimate of drug-likeness (QED) is 0.792. The molecule has 5 nitrogen and oxygen atoms in total. The van der Waals surface area contributed by atoms with Crippen LogP contribution in [0.1, 0.15) is 36.0 Å². The molecule has 0 spiro atoms. The lowest BCUT2D eigenvalue weighted by Crippen LogP contribution is -2.17. The van der Waals surface area contributed by atoms with Crippen molar-refractivity contribution < 1.29 is 9.90 Å². The van der Waals surface area contributed by atoms with Gasteiger partial charge in [0.1, 0.15) is 5.56 Å². The Morgan fingerprint density at radius 2 is 2.38 bits per heavy atom. The van der Waals surface area contributed by atoms with E-state index >= 15 is 0 Å². The number of aromatic carboxylic acids is 1. The van der Waals surface area contributed by atoms with Crippen LogP contribution in [0.4, 0.5) is 5.82 Å². The Hall–Kier alpha value is -1.65. The Balaban J connectivity index is 1.89. The highest BCUT2D eigenvalue weighted by Crippen LogP contribution is 2.29. The average Bonchev–Trinajstić information content (AvgIpc) is 2.22. The van der Waals surface area contributed by atoms with Crippen LogP contribution in [0.5, 0.6) is 0 Å². The number of carbonyl (C=O) groups is 1. The summed E-state index contributed by atoms with van der Waals surface area (Å²) >= 11 is 0. The number of nitrogens with one attached hydrogen (secondary N) is 1. The number of nitrogens with zero attached hydrogens (tertiary/aromatic N) is 2. The van der Waals surface area contributed by atoms with Gasteiger partial charge >= 0.3 is 5.97 Å². The molecule has 0 radical (unpaired) electrons. The average molecular weight is 221 g/mol. The summed E-state index contributed by atoms with van der Waals surface area (Å²) in [5.74, 6) is 0.202. The Labute approximate surface area is 93.9 Å². The lowest BCUT2D eigenvalue weighted by molar-refractivity contribution is 0.0697. The molecule has 5 heteroatoms. The van der Waals surface area contributed by atoms with Gasteiger partial charge in [0.25, 0.3) is 0 Å². The fourth-order valence-electron chi connectivity index (χ4n) is 1.81. The van der Waals surface area contributed by atoms with Crippen molar-refractivity contribution in [1.82, 2.24) is 10.2 Å². The number of aromatic nitrogens is 2. The summed E-state index contributed by atoms with van der Waals surface area (Å²) in [6.45, 7) is 0.767. The fraction of sp³-hybridized carbons (Fsp3) is 0.545. The molecule has 0 amide bonds. The number of rotatable bonds is 5. The maximum absolute atomic E-state index is 10.9. The molecule has 0 atom stereocenters. The first-order valence-electron chi connectivity index (χ1n) is 5.56. The second-order valence-corrected chi connectivity index (χ2v) is 4.11. The van der Waals surface area contributed by atoms with Crippen LogP contribution >= 0.6 is 0 Å². The van der Waals surface area contributed by atoms with E-state index in [9.17, 15) is 4.79 Å². The molecule has 1 aliphatic rings. The van der Waals surface area contributed by atoms with Gasteiger partial charge in [0, 0.05) is 6.54 Å². The highest BCUT2D eigenvalue weighted by Gasteiger charge is 2.17. The number of hydrogen-bond acceptors (Lipinski definition) is 4. The second-order valence-electron chi connectivity index (χ2n) is 4.11. The van der Waals surface area contributed by atoms with Crippen LogP contribution < -0.4 is 5.32 Å². The van der Waals surface area contributed by atoms with Crippen molar-refractivity contribution in [1.29, 1.82) is 0 Å².